The number of H-pyrrole nitrogens is 1. The summed E-state index contributed by atoms with van der Waals surface area (Å²) in [6.45, 7) is 7.96. The second kappa shape index (κ2) is 9.16. The zero-order valence-corrected chi connectivity index (χ0v) is 20.6. The highest BCUT2D eigenvalue weighted by atomic mass is 35.5. The maximum atomic E-state index is 12.1. The Morgan fingerprint density at radius 3 is 2.52 bits per heavy atom. The van der Waals surface area contributed by atoms with Crippen molar-refractivity contribution in [2.24, 2.45) is 0 Å². The molecule has 4 aromatic rings. The van der Waals surface area contributed by atoms with Crippen LogP contribution in [0.1, 0.15) is 31.9 Å². The first-order valence-corrected chi connectivity index (χ1v) is 11.6. The lowest BCUT2D eigenvalue weighted by atomic mass is 10.0. The summed E-state index contributed by atoms with van der Waals surface area (Å²) in [5.41, 5.74) is 5.41. The predicted octanol–water partition coefficient (Wildman–Crippen LogP) is 7.75. The Bertz CT molecular complexity index is 1340. The first-order valence-electron chi connectivity index (χ1n) is 10.8. The van der Waals surface area contributed by atoms with Gasteiger partial charge in [0.2, 0.25) is 0 Å². The summed E-state index contributed by atoms with van der Waals surface area (Å²) in [6.07, 6.45) is 0.200. The van der Waals surface area contributed by atoms with Gasteiger partial charge in [-0.3, -0.25) is 0 Å². The van der Waals surface area contributed by atoms with Gasteiger partial charge in [-0.15, -0.1) is 0 Å². The van der Waals surface area contributed by atoms with Crippen molar-refractivity contribution < 1.29 is 9.53 Å². The quantitative estimate of drug-likeness (QED) is 0.271. The second-order valence-corrected chi connectivity index (χ2v) is 9.98. The maximum absolute atomic E-state index is 12.1. The van der Waals surface area contributed by atoms with E-state index in [1.54, 1.807) is 0 Å². The van der Waals surface area contributed by atoms with Crippen molar-refractivity contribution in [2.45, 2.75) is 39.7 Å². The number of aromatic nitrogens is 1. The molecule has 0 fully saturated rings. The van der Waals surface area contributed by atoms with E-state index in [4.69, 9.17) is 27.9 Å². The zero-order valence-electron chi connectivity index (χ0n) is 19.1. The van der Waals surface area contributed by atoms with Crippen molar-refractivity contribution in [3.63, 3.8) is 0 Å². The SMILES string of the molecule is Cc1ccc(Nc2cc(CCNC(=O)OC(C)(C)C)c3[nH]c4ccc(Cl)cc4c3c2)cc1Cl. The van der Waals surface area contributed by atoms with Crippen LogP contribution in [0.4, 0.5) is 16.2 Å². The number of ether oxygens (including phenoxy) is 1. The number of nitrogens with one attached hydrogen (secondary N) is 3. The lowest BCUT2D eigenvalue weighted by Gasteiger charge is -2.19. The first kappa shape index (κ1) is 23.3. The van der Waals surface area contributed by atoms with Gasteiger partial charge in [0, 0.05) is 49.8 Å². The van der Waals surface area contributed by atoms with Crippen LogP contribution in [0.15, 0.2) is 48.5 Å². The summed E-state index contributed by atoms with van der Waals surface area (Å²) in [6, 6.07) is 15.9. The summed E-state index contributed by atoms with van der Waals surface area (Å²) in [5, 5.41) is 9.80. The van der Waals surface area contributed by atoms with E-state index in [1.165, 1.54) is 0 Å². The van der Waals surface area contributed by atoms with Crippen molar-refractivity contribution in [1.29, 1.82) is 0 Å². The van der Waals surface area contributed by atoms with Crippen molar-refractivity contribution in [1.82, 2.24) is 10.3 Å². The molecular weight excluding hydrogens is 457 g/mol. The summed E-state index contributed by atoms with van der Waals surface area (Å²) >= 11 is 12.6. The topological polar surface area (TPSA) is 66.2 Å². The Balaban J connectivity index is 1.68. The third-order valence-electron chi connectivity index (χ3n) is 5.27. The van der Waals surface area contributed by atoms with Crippen LogP contribution in [0.5, 0.6) is 0 Å². The van der Waals surface area contributed by atoms with Gasteiger partial charge in [-0.1, -0.05) is 29.3 Å². The summed E-state index contributed by atoms with van der Waals surface area (Å²) in [5.74, 6) is 0. The average Bonchev–Trinajstić information content (AvgIpc) is 3.07. The molecule has 1 heterocycles. The van der Waals surface area contributed by atoms with Gasteiger partial charge in [-0.05, 0) is 87.7 Å². The predicted molar refractivity (Wildman–Crippen MR) is 138 cm³/mol. The van der Waals surface area contributed by atoms with Crippen molar-refractivity contribution in [2.75, 3.05) is 11.9 Å². The Labute approximate surface area is 203 Å². The fourth-order valence-electron chi connectivity index (χ4n) is 3.77. The lowest BCUT2D eigenvalue weighted by molar-refractivity contribution is 0.0528. The molecule has 0 bridgehead atoms. The average molecular weight is 484 g/mol. The fraction of sp³-hybridized carbons (Fsp3) is 0.269. The number of benzene rings is 3. The van der Waals surface area contributed by atoms with Gasteiger partial charge in [-0.25, -0.2) is 4.79 Å². The number of carbonyl (C=O) groups is 1. The van der Waals surface area contributed by atoms with E-state index in [0.29, 0.717) is 23.0 Å². The Hall–Kier alpha value is -2.89. The molecule has 3 N–H and O–H groups in total. The molecule has 0 atom stereocenters. The number of halogens is 2. The molecule has 0 unspecified atom stereocenters. The van der Waals surface area contributed by atoms with Gasteiger partial charge in [0.1, 0.15) is 5.60 Å². The number of rotatable bonds is 5. The van der Waals surface area contributed by atoms with E-state index in [2.05, 4.69) is 27.8 Å². The lowest BCUT2D eigenvalue weighted by Crippen LogP contribution is -2.33. The number of carbonyl (C=O) groups excluding carboxylic acids is 1. The molecule has 3 aromatic carbocycles. The molecule has 0 aliphatic carbocycles. The van der Waals surface area contributed by atoms with Gasteiger partial charge in [-0.2, -0.15) is 0 Å². The molecule has 1 aromatic heterocycles. The highest BCUT2D eigenvalue weighted by Crippen LogP contribution is 2.34. The molecule has 0 saturated carbocycles. The van der Waals surface area contributed by atoms with Gasteiger partial charge in [0.05, 0.1) is 0 Å². The van der Waals surface area contributed by atoms with Gasteiger partial charge in [0.25, 0.3) is 0 Å². The van der Waals surface area contributed by atoms with Gasteiger partial charge >= 0.3 is 6.09 Å². The largest absolute Gasteiger partial charge is 0.444 e. The molecule has 0 saturated heterocycles. The van der Waals surface area contributed by atoms with Crippen molar-refractivity contribution >= 4 is 62.5 Å². The summed E-state index contributed by atoms with van der Waals surface area (Å²) in [7, 11) is 0. The van der Waals surface area contributed by atoms with E-state index in [9.17, 15) is 4.79 Å². The van der Waals surface area contributed by atoms with E-state index in [1.807, 2.05) is 64.1 Å². The van der Waals surface area contributed by atoms with Crippen LogP contribution >= 0.6 is 23.2 Å². The number of anilines is 2. The molecule has 0 spiro atoms. The van der Waals surface area contributed by atoms with Crippen LogP contribution in [0.25, 0.3) is 21.8 Å². The number of alkyl carbamates (subject to hydrolysis) is 1. The van der Waals surface area contributed by atoms with Crippen molar-refractivity contribution in [3.8, 4) is 0 Å². The number of aryl methyl sites for hydroxylation is 1. The van der Waals surface area contributed by atoms with E-state index < -0.39 is 11.7 Å². The second-order valence-electron chi connectivity index (χ2n) is 9.14. The monoisotopic (exact) mass is 483 g/mol. The van der Waals surface area contributed by atoms with Crippen molar-refractivity contribution in [3.05, 3.63) is 69.7 Å². The standard InChI is InChI=1S/C26H27Cl2N3O2/c1-15-5-7-18(14-22(15)28)30-19-11-16(9-10-29-25(32)33-26(2,3)4)24-21(13-19)20-12-17(27)6-8-23(20)31-24/h5-8,11-14,30-31H,9-10H2,1-4H3,(H,29,32). The molecule has 1 amide bonds. The molecule has 0 aliphatic heterocycles. The van der Waals surface area contributed by atoms with Crippen LogP contribution in [-0.2, 0) is 11.2 Å². The summed E-state index contributed by atoms with van der Waals surface area (Å²) in [4.78, 5) is 15.6. The number of hydrogen-bond acceptors (Lipinski definition) is 3. The molecule has 0 radical (unpaired) electrons. The minimum atomic E-state index is -0.535. The number of amides is 1. The Kier molecular flexibility index (Phi) is 6.46. The fourth-order valence-corrected chi connectivity index (χ4v) is 4.12. The minimum Gasteiger partial charge on any atom is -0.444 e. The third kappa shape index (κ3) is 5.55. The Morgan fingerprint density at radius 2 is 1.79 bits per heavy atom. The molecular formula is C26H27Cl2N3O2. The smallest absolute Gasteiger partial charge is 0.407 e. The maximum Gasteiger partial charge on any atom is 0.407 e. The zero-order chi connectivity index (χ0) is 23.8. The van der Waals surface area contributed by atoms with Gasteiger partial charge < -0.3 is 20.4 Å². The van der Waals surface area contributed by atoms with E-state index in [-0.39, 0.29) is 0 Å². The normalized spacial score (nSPS) is 11.7. The van der Waals surface area contributed by atoms with Gasteiger partial charge in [0.15, 0.2) is 0 Å². The molecule has 33 heavy (non-hydrogen) atoms. The third-order valence-corrected chi connectivity index (χ3v) is 5.92. The number of aromatic amines is 1. The van der Waals surface area contributed by atoms with Crippen LogP contribution < -0.4 is 10.6 Å². The van der Waals surface area contributed by atoms with E-state index in [0.717, 1.165) is 44.3 Å². The highest BCUT2D eigenvalue weighted by Gasteiger charge is 2.16. The van der Waals surface area contributed by atoms with E-state index >= 15 is 0 Å². The van der Waals surface area contributed by atoms with Crippen LogP contribution in [0.3, 0.4) is 0 Å². The van der Waals surface area contributed by atoms with Crippen LogP contribution in [-0.4, -0.2) is 23.2 Å². The van der Waals surface area contributed by atoms with Crippen LogP contribution in [0, 0.1) is 6.92 Å². The number of hydrogen-bond donors (Lipinski definition) is 3. The molecule has 5 nitrogen and oxygen atoms in total. The van der Waals surface area contributed by atoms with Crippen LogP contribution in [0.2, 0.25) is 10.0 Å². The minimum absolute atomic E-state index is 0.425. The molecule has 0 aliphatic rings. The Morgan fingerprint density at radius 1 is 1.00 bits per heavy atom. The molecule has 172 valence electrons. The summed E-state index contributed by atoms with van der Waals surface area (Å²) < 4.78 is 5.35. The number of fused-ring (bicyclic) bond motifs is 3. The molecule has 4 rings (SSSR count). The highest BCUT2D eigenvalue weighted by molar-refractivity contribution is 6.32. The molecule has 7 heteroatoms. The first-order chi connectivity index (χ1) is 15.6.